The maximum atomic E-state index is 12.4. The van der Waals surface area contributed by atoms with E-state index in [-0.39, 0.29) is 11.9 Å². The average molecular weight is 372 g/mol. The fourth-order valence-corrected chi connectivity index (χ4v) is 4.55. The van der Waals surface area contributed by atoms with Crippen LogP contribution in [-0.2, 0) is 13.0 Å². The van der Waals surface area contributed by atoms with Crippen LogP contribution in [0.3, 0.4) is 0 Å². The molecule has 4 rings (SSSR count). The first kappa shape index (κ1) is 17.4. The molecular weight excluding hydrogens is 348 g/mol. The van der Waals surface area contributed by atoms with Gasteiger partial charge in [0.2, 0.25) is 0 Å². The summed E-state index contributed by atoms with van der Waals surface area (Å²) in [6.07, 6.45) is 2.21. The van der Waals surface area contributed by atoms with Crippen LogP contribution in [0.2, 0.25) is 0 Å². The van der Waals surface area contributed by atoms with E-state index in [4.69, 9.17) is 4.74 Å². The Morgan fingerprint density at radius 1 is 1.35 bits per heavy atom. The van der Waals surface area contributed by atoms with Crippen LogP contribution in [0.1, 0.15) is 34.9 Å². The average Bonchev–Trinajstić information content (AvgIpc) is 3.37. The first-order chi connectivity index (χ1) is 12.7. The van der Waals surface area contributed by atoms with Crippen molar-refractivity contribution in [3.63, 3.8) is 0 Å². The van der Waals surface area contributed by atoms with Gasteiger partial charge in [0.15, 0.2) is 0 Å². The summed E-state index contributed by atoms with van der Waals surface area (Å²) in [4.78, 5) is 15.3. The topological polar surface area (TPSA) is 61.8 Å². The molecule has 1 atom stereocenters. The van der Waals surface area contributed by atoms with Gasteiger partial charge in [0.1, 0.15) is 5.75 Å². The second kappa shape index (κ2) is 7.68. The normalized spacial score (nSPS) is 18.3. The third-order valence-corrected chi connectivity index (χ3v) is 6.25. The number of aliphatic hydroxyl groups is 1. The minimum absolute atomic E-state index is 0.0224. The zero-order valence-corrected chi connectivity index (χ0v) is 15.5. The van der Waals surface area contributed by atoms with E-state index in [0.717, 1.165) is 42.1 Å². The van der Waals surface area contributed by atoms with Crippen LogP contribution in [-0.4, -0.2) is 35.7 Å². The Kier molecular flexibility index (Phi) is 5.13. The number of rotatable bonds is 4. The summed E-state index contributed by atoms with van der Waals surface area (Å²) in [7, 11) is 0. The van der Waals surface area contributed by atoms with Crippen molar-refractivity contribution in [1.29, 1.82) is 0 Å². The lowest BCUT2D eigenvalue weighted by Gasteiger charge is -2.34. The molecule has 26 heavy (non-hydrogen) atoms. The van der Waals surface area contributed by atoms with E-state index in [1.165, 1.54) is 5.56 Å². The highest BCUT2D eigenvalue weighted by molar-refractivity contribution is 7.10. The third-order valence-electron chi connectivity index (χ3n) is 5.31. The highest BCUT2D eigenvalue weighted by Gasteiger charge is 2.28. The summed E-state index contributed by atoms with van der Waals surface area (Å²) < 4.78 is 5.51. The number of hydrogen-bond acceptors (Lipinski definition) is 4. The number of thiophene rings is 1. The van der Waals surface area contributed by atoms with Gasteiger partial charge >= 0.3 is 6.03 Å². The lowest BCUT2D eigenvalue weighted by Crippen LogP contribution is -2.44. The Bertz CT molecular complexity index is 754. The van der Waals surface area contributed by atoms with Crippen LogP contribution >= 0.6 is 11.3 Å². The van der Waals surface area contributed by atoms with Crippen molar-refractivity contribution in [1.82, 2.24) is 10.2 Å². The molecule has 2 aromatic rings. The van der Waals surface area contributed by atoms with Gasteiger partial charge in [-0.15, -0.1) is 11.3 Å². The smallest absolute Gasteiger partial charge is 0.317 e. The van der Waals surface area contributed by atoms with Crippen LogP contribution in [0.5, 0.6) is 5.75 Å². The summed E-state index contributed by atoms with van der Waals surface area (Å²) in [5, 5.41) is 15.5. The number of piperidine rings is 1. The molecule has 2 amide bonds. The van der Waals surface area contributed by atoms with E-state index < -0.39 is 6.10 Å². The van der Waals surface area contributed by atoms with Crippen molar-refractivity contribution in [3.8, 4) is 5.75 Å². The molecule has 1 fully saturated rings. The molecule has 1 aromatic heterocycles. The van der Waals surface area contributed by atoms with Crippen LogP contribution in [0.15, 0.2) is 35.7 Å². The lowest BCUT2D eigenvalue weighted by atomic mass is 9.90. The number of amides is 2. The minimum atomic E-state index is -0.408. The van der Waals surface area contributed by atoms with Gasteiger partial charge in [-0.1, -0.05) is 18.2 Å². The quantitative estimate of drug-likeness (QED) is 0.865. The van der Waals surface area contributed by atoms with E-state index in [1.54, 1.807) is 11.3 Å². The molecule has 2 aliphatic heterocycles. The number of benzene rings is 1. The molecule has 138 valence electrons. The Morgan fingerprint density at radius 2 is 2.19 bits per heavy atom. The number of carbonyl (C=O) groups is 1. The van der Waals surface area contributed by atoms with Gasteiger partial charge in [-0.2, -0.15) is 0 Å². The molecule has 2 N–H and O–H groups in total. The van der Waals surface area contributed by atoms with Gasteiger partial charge in [-0.25, -0.2) is 4.79 Å². The van der Waals surface area contributed by atoms with Gasteiger partial charge in [-0.3, -0.25) is 0 Å². The number of fused-ring (bicyclic) bond motifs is 1. The number of aliphatic hydroxyl groups excluding tert-OH is 1. The number of hydrogen-bond donors (Lipinski definition) is 2. The van der Waals surface area contributed by atoms with E-state index in [1.807, 2.05) is 34.5 Å². The molecule has 0 unspecified atom stereocenters. The van der Waals surface area contributed by atoms with Gasteiger partial charge in [0.25, 0.3) is 0 Å². The Balaban J connectivity index is 1.26. The van der Waals surface area contributed by atoms with Crippen LogP contribution in [0.4, 0.5) is 4.79 Å². The summed E-state index contributed by atoms with van der Waals surface area (Å²) >= 11 is 1.59. The summed E-state index contributed by atoms with van der Waals surface area (Å²) in [5.41, 5.74) is 2.32. The van der Waals surface area contributed by atoms with Crippen molar-refractivity contribution in [3.05, 3.63) is 51.7 Å². The molecular formula is C20H24N2O3S. The number of urea groups is 1. The molecule has 5 nitrogen and oxygen atoms in total. The third kappa shape index (κ3) is 3.71. The summed E-state index contributed by atoms with van der Waals surface area (Å²) in [6.45, 7) is 2.66. The first-order valence-corrected chi connectivity index (χ1v) is 10.1. The monoisotopic (exact) mass is 372 g/mol. The molecule has 0 spiro atoms. The first-order valence-electron chi connectivity index (χ1n) is 9.19. The number of nitrogens with zero attached hydrogens (tertiary/aromatic N) is 1. The summed E-state index contributed by atoms with van der Waals surface area (Å²) in [6, 6.07) is 10.0. The van der Waals surface area contributed by atoms with Gasteiger partial charge in [-0.05, 0) is 47.4 Å². The highest BCUT2D eigenvalue weighted by atomic mass is 32.1. The fraction of sp³-hybridized carbons (Fsp3) is 0.450. The number of nitrogens with one attached hydrogen (secondary N) is 1. The van der Waals surface area contributed by atoms with Gasteiger partial charge in [0, 0.05) is 30.9 Å². The van der Waals surface area contributed by atoms with Crippen molar-refractivity contribution < 1.29 is 14.6 Å². The molecule has 6 heteroatoms. The zero-order valence-electron chi connectivity index (χ0n) is 14.7. The molecule has 2 aliphatic rings. The van der Waals surface area contributed by atoms with Gasteiger partial charge < -0.3 is 20.1 Å². The fourth-order valence-electron chi connectivity index (χ4n) is 3.75. The highest BCUT2D eigenvalue weighted by Crippen LogP contribution is 2.33. The maximum Gasteiger partial charge on any atom is 0.317 e. The molecule has 0 saturated carbocycles. The predicted molar refractivity (Wildman–Crippen MR) is 101 cm³/mol. The SMILES string of the molecule is O=C(NCc1ccc2c(c1)CCO2)N1CCC([C@H](O)c2cccs2)CC1. The maximum absolute atomic E-state index is 12.4. The second-order valence-electron chi connectivity index (χ2n) is 6.98. The molecule has 0 radical (unpaired) electrons. The van der Waals surface area contributed by atoms with Crippen LogP contribution < -0.4 is 10.1 Å². The Hall–Kier alpha value is -2.05. The van der Waals surface area contributed by atoms with Crippen molar-refractivity contribution >= 4 is 17.4 Å². The molecule has 0 aliphatic carbocycles. The Labute approximate surface area is 157 Å². The largest absolute Gasteiger partial charge is 0.493 e. The van der Waals surface area contributed by atoms with Crippen LogP contribution in [0, 0.1) is 5.92 Å². The molecule has 1 aromatic carbocycles. The van der Waals surface area contributed by atoms with Crippen LogP contribution in [0.25, 0.3) is 0 Å². The standard InChI is InChI=1S/C20H24N2O3S/c23-19(18-2-1-11-26-18)15-5-8-22(9-6-15)20(24)21-13-14-3-4-17-16(12-14)7-10-25-17/h1-4,11-12,15,19,23H,5-10,13H2,(H,21,24)/t19-/m0/s1. The van der Waals surface area contributed by atoms with Gasteiger partial charge in [0.05, 0.1) is 12.7 Å². The Morgan fingerprint density at radius 3 is 2.96 bits per heavy atom. The second-order valence-corrected chi connectivity index (χ2v) is 7.96. The van der Waals surface area contributed by atoms with E-state index in [9.17, 15) is 9.90 Å². The van der Waals surface area contributed by atoms with Crippen molar-refractivity contribution in [2.24, 2.45) is 5.92 Å². The minimum Gasteiger partial charge on any atom is -0.493 e. The van der Waals surface area contributed by atoms with Crippen molar-refractivity contribution in [2.75, 3.05) is 19.7 Å². The molecule has 3 heterocycles. The zero-order chi connectivity index (χ0) is 17.9. The van der Waals surface area contributed by atoms with Crippen molar-refractivity contribution in [2.45, 2.75) is 31.9 Å². The lowest BCUT2D eigenvalue weighted by molar-refractivity contribution is 0.0689. The number of ether oxygens (including phenoxy) is 1. The molecule has 0 bridgehead atoms. The van der Waals surface area contributed by atoms with E-state index >= 15 is 0 Å². The molecule has 1 saturated heterocycles. The van der Waals surface area contributed by atoms with E-state index in [2.05, 4.69) is 11.4 Å². The summed E-state index contributed by atoms with van der Waals surface area (Å²) in [5.74, 6) is 1.20. The predicted octanol–water partition coefficient (Wildman–Crippen LogP) is 3.34. The number of carbonyl (C=O) groups excluding carboxylic acids is 1. The van der Waals surface area contributed by atoms with E-state index in [0.29, 0.717) is 19.6 Å². The number of likely N-dealkylation sites (tertiary alicyclic amines) is 1.